The van der Waals surface area contributed by atoms with Gasteiger partial charge in [0.1, 0.15) is 5.82 Å². The van der Waals surface area contributed by atoms with Crippen LogP contribution in [-0.4, -0.2) is 52.9 Å². The van der Waals surface area contributed by atoms with Crippen molar-refractivity contribution in [2.24, 2.45) is 0 Å². The number of hydrogen-bond donors (Lipinski definition) is 2. The summed E-state index contributed by atoms with van der Waals surface area (Å²) in [6, 6.07) is 18.5. The van der Waals surface area contributed by atoms with Gasteiger partial charge in [-0.05, 0) is 41.5 Å². The molecule has 0 spiro atoms. The highest BCUT2D eigenvalue weighted by atomic mass is 16.5. The summed E-state index contributed by atoms with van der Waals surface area (Å²) in [5.74, 6) is 0.600. The lowest BCUT2D eigenvalue weighted by molar-refractivity contribution is 0.0332. The predicted molar refractivity (Wildman–Crippen MR) is 125 cm³/mol. The number of H-pyrrole nitrogens is 1. The zero-order chi connectivity index (χ0) is 22.4. The summed E-state index contributed by atoms with van der Waals surface area (Å²) in [5.41, 5.74) is 5.90. The second kappa shape index (κ2) is 7.95. The molecule has 1 aromatic heterocycles. The number of ether oxygens (including phenoxy) is 1. The molecular formula is C26H22N4O3. The number of anilines is 1. The topological polar surface area (TPSA) is 87.3 Å². The molecule has 1 amide bonds. The Hall–Kier alpha value is -3.81. The summed E-state index contributed by atoms with van der Waals surface area (Å²) in [6.45, 7) is 4.03. The first-order valence-corrected chi connectivity index (χ1v) is 11.0. The number of imidazole rings is 1. The van der Waals surface area contributed by atoms with Gasteiger partial charge in [-0.15, -0.1) is 0 Å². The lowest BCUT2D eigenvalue weighted by Crippen LogP contribution is -2.35. The van der Waals surface area contributed by atoms with Crippen LogP contribution in [0.4, 0.5) is 5.69 Å². The number of rotatable bonds is 4. The Morgan fingerprint density at radius 1 is 0.970 bits per heavy atom. The number of ketones is 1. The van der Waals surface area contributed by atoms with Crippen LogP contribution < -0.4 is 5.32 Å². The molecule has 4 aromatic rings. The molecule has 1 aliphatic carbocycles. The zero-order valence-corrected chi connectivity index (χ0v) is 17.9. The van der Waals surface area contributed by atoms with E-state index in [0.717, 1.165) is 60.8 Å². The summed E-state index contributed by atoms with van der Waals surface area (Å²) < 4.78 is 5.40. The Morgan fingerprint density at radius 3 is 2.61 bits per heavy atom. The summed E-state index contributed by atoms with van der Waals surface area (Å²) in [5, 5.41) is 2.94. The third kappa shape index (κ3) is 3.61. The van der Waals surface area contributed by atoms with Crippen LogP contribution in [0.1, 0.15) is 32.1 Å². The number of nitrogens with one attached hydrogen (secondary N) is 2. The molecule has 1 saturated heterocycles. The number of amides is 1. The van der Waals surface area contributed by atoms with Crippen LogP contribution in [0.5, 0.6) is 0 Å². The Kier molecular flexibility index (Phi) is 4.78. The standard InChI is InChI=1S/C26H22N4O3/c31-25-20-4-2-1-3-18(20)19-7-5-16(13-21(19)25)26(32)27-17-6-8-22-23(14-17)29-24(28-22)15-30-9-11-33-12-10-30/h1-8,13-14H,9-12,15H2,(H,27,32)(H,28,29). The summed E-state index contributed by atoms with van der Waals surface area (Å²) >= 11 is 0. The molecule has 2 heterocycles. The number of morpholine rings is 1. The predicted octanol–water partition coefficient (Wildman–Crippen LogP) is 3.86. The van der Waals surface area contributed by atoms with Crippen LogP contribution in [0.3, 0.4) is 0 Å². The van der Waals surface area contributed by atoms with E-state index < -0.39 is 0 Å². The van der Waals surface area contributed by atoms with E-state index in [0.29, 0.717) is 22.4 Å². The number of fused-ring (bicyclic) bond motifs is 4. The monoisotopic (exact) mass is 438 g/mol. The van der Waals surface area contributed by atoms with Gasteiger partial charge in [0.25, 0.3) is 5.91 Å². The fraction of sp³-hybridized carbons (Fsp3) is 0.192. The molecule has 0 atom stereocenters. The first kappa shape index (κ1) is 19.8. The number of aromatic nitrogens is 2. The molecule has 3 aromatic carbocycles. The van der Waals surface area contributed by atoms with Gasteiger partial charge in [-0.25, -0.2) is 4.98 Å². The van der Waals surface area contributed by atoms with Crippen molar-refractivity contribution < 1.29 is 14.3 Å². The second-order valence-electron chi connectivity index (χ2n) is 8.39. The Labute approximate surface area is 190 Å². The molecule has 1 aliphatic heterocycles. The molecule has 164 valence electrons. The summed E-state index contributed by atoms with van der Waals surface area (Å²) in [4.78, 5) is 36.0. The number of carbonyl (C=O) groups is 2. The SMILES string of the molecule is O=C(Nc1ccc2nc(CN3CCOCC3)[nH]c2c1)c1ccc2c(c1)C(=O)c1ccccc1-2. The molecule has 2 aliphatic rings. The quantitative estimate of drug-likeness (QED) is 0.445. The smallest absolute Gasteiger partial charge is 0.255 e. The van der Waals surface area contributed by atoms with Gasteiger partial charge in [0.2, 0.25) is 0 Å². The van der Waals surface area contributed by atoms with Crippen molar-refractivity contribution in [2.45, 2.75) is 6.54 Å². The first-order chi connectivity index (χ1) is 16.2. The second-order valence-corrected chi connectivity index (χ2v) is 8.39. The molecule has 1 fully saturated rings. The number of nitrogens with zero attached hydrogens (tertiary/aromatic N) is 2. The largest absolute Gasteiger partial charge is 0.379 e. The van der Waals surface area contributed by atoms with E-state index >= 15 is 0 Å². The molecule has 0 bridgehead atoms. The van der Waals surface area contributed by atoms with Gasteiger partial charge in [0.05, 0.1) is 30.8 Å². The molecule has 0 saturated carbocycles. The Bertz CT molecular complexity index is 1400. The van der Waals surface area contributed by atoms with Crippen LogP contribution in [0, 0.1) is 0 Å². The van der Waals surface area contributed by atoms with Crippen LogP contribution in [0.15, 0.2) is 60.7 Å². The minimum absolute atomic E-state index is 0.0399. The third-order valence-electron chi connectivity index (χ3n) is 6.25. The van der Waals surface area contributed by atoms with Gasteiger partial charge in [-0.3, -0.25) is 14.5 Å². The molecule has 0 unspecified atom stereocenters. The normalized spacial score (nSPS) is 15.5. The first-order valence-electron chi connectivity index (χ1n) is 11.0. The zero-order valence-electron chi connectivity index (χ0n) is 17.9. The van der Waals surface area contributed by atoms with Gasteiger partial charge >= 0.3 is 0 Å². The van der Waals surface area contributed by atoms with Crippen molar-refractivity contribution >= 4 is 28.4 Å². The van der Waals surface area contributed by atoms with Gasteiger partial charge in [0, 0.05) is 35.5 Å². The van der Waals surface area contributed by atoms with Crippen molar-refractivity contribution in [2.75, 3.05) is 31.6 Å². The third-order valence-corrected chi connectivity index (χ3v) is 6.25. The molecular weight excluding hydrogens is 416 g/mol. The number of benzene rings is 3. The minimum atomic E-state index is -0.256. The van der Waals surface area contributed by atoms with Gasteiger partial charge in [-0.2, -0.15) is 0 Å². The van der Waals surface area contributed by atoms with Crippen molar-refractivity contribution in [1.82, 2.24) is 14.9 Å². The molecule has 7 heteroatoms. The van der Waals surface area contributed by atoms with Crippen LogP contribution in [0.25, 0.3) is 22.2 Å². The van der Waals surface area contributed by atoms with Crippen molar-refractivity contribution in [3.8, 4) is 11.1 Å². The van der Waals surface area contributed by atoms with E-state index in [2.05, 4.69) is 20.2 Å². The Balaban J connectivity index is 1.21. The highest BCUT2D eigenvalue weighted by Gasteiger charge is 2.27. The average molecular weight is 438 g/mol. The molecule has 7 nitrogen and oxygen atoms in total. The van der Waals surface area contributed by atoms with E-state index in [-0.39, 0.29) is 11.7 Å². The van der Waals surface area contributed by atoms with E-state index in [1.54, 1.807) is 12.1 Å². The van der Waals surface area contributed by atoms with Crippen LogP contribution in [-0.2, 0) is 11.3 Å². The van der Waals surface area contributed by atoms with Crippen molar-refractivity contribution in [1.29, 1.82) is 0 Å². The lowest BCUT2D eigenvalue weighted by atomic mass is 10.0. The molecule has 6 rings (SSSR count). The van der Waals surface area contributed by atoms with E-state index in [9.17, 15) is 9.59 Å². The summed E-state index contributed by atoms with van der Waals surface area (Å²) in [6.07, 6.45) is 0. The van der Waals surface area contributed by atoms with Gasteiger partial charge in [-0.1, -0.05) is 30.3 Å². The van der Waals surface area contributed by atoms with E-state index in [4.69, 9.17) is 4.74 Å². The fourth-order valence-corrected chi connectivity index (χ4v) is 4.56. The maximum Gasteiger partial charge on any atom is 0.255 e. The fourth-order valence-electron chi connectivity index (χ4n) is 4.56. The van der Waals surface area contributed by atoms with Crippen molar-refractivity contribution in [3.63, 3.8) is 0 Å². The number of hydrogen-bond acceptors (Lipinski definition) is 5. The average Bonchev–Trinajstić information content (AvgIpc) is 3.37. The number of aromatic amines is 1. The van der Waals surface area contributed by atoms with Gasteiger partial charge < -0.3 is 15.0 Å². The molecule has 0 radical (unpaired) electrons. The maximum atomic E-state index is 12.9. The highest BCUT2D eigenvalue weighted by Crippen LogP contribution is 2.36. The molecule has 33 heavy (non-hydrogen) atoms. The Morgan fingerprint density at radius 2 is 1.76 bits per heavy atom. The van der Waals surface area contributed by atoms with Gasteiger partial charge in [0.15, 0.2) is 5.78 Å². The van der Waals surface area contributed by atoms with E-state index in [1.165, 1.54) is 0 Å². The van der Waals surface area contributed by atoms with Crippen molar-refractivity contribution in [3.05, 3.63) is 83.2 Å². The van der Waals surface area contributed by atoms with E-state index in [1.807, 2.05) is 48.5 Å². The number of carbonyl (C=O) groups excluding carboxylic acids is 2. The molecule has 2 N–H and O–H groups in total. The van der Waals surface area contributed by atoms with Crippen LogP contribution >= 0.6 is 0 Å². The van der Waals surface area contributed by atoms with Crippen LogP contribution in [0.2, 0.25) is 0 Å². The lowest BCUT2D eigenvalue weighted by Gasteiger charge is -2.25. The highest BCUT2D eigenvalue weighted by molar-refractivity contribution is 6.22. The summed E-state index contributed by atoms with van der Waals surface area (Å²) in [7, 11) is 0. The minimum Gasteiger partial charge on any atom is -0.379 e. The maximum absolute atomic E-state index is 12.9.